The van der Waals surface area contributed by atoms with E-state index in [0.29, 0.717) is 6.42 Å². The van der Waals surface area contributed by atoms with E-state index in [-0.39, 0.29) is 30.4 Å². The summed E-state index contributed by atoms with van der Waals surface area (Å²) in [6.45, 7) is 7.26. The van der Waals surface area contributed by atoms with Gasteiger partial charge in [-0.2, -0.15) is 0 Å². The van der Waals surface area contributed by atoms with E-state index < -0.39 is 66.2 Å². The number of aliphatic hydroxyl groups is 1. The van der Waals surface area contributed by atoms with Gasteiger partial charge in [0, 0.05) is 12.6 Å². The van der Waals surface area contributed by atoms with Crippen molar-refractivity contribution in [1.82, 2.24) is 26.3 Å². The Bertz CT molecular complexity index is 1330. The number of amides is 5. The maximum absolute atomic E-state index is 13.5. The van der Waals surface area contributed by atoms with Crippen molar-refractivity contribution in [3.05, 3.63) is 66.0 Å². The lowest BCUT2D eigenvalue weighted by atomic mass is 9.96. The molecule has 12 heteroatoms. The minimum Gasteiger partial charge on any atom is -0.390 e. The molecule has 5 amide bonds. The first-order valence-corrected chi connectivity index (χ1v) is 14.9. The first-order chi connectivity index (χ1) is 21.3. The number of terminal acetylenes is 1. The van der Waals surface area contributed by atoms with Gasteiger partial charge in [-0.05, 0) is 42.4 Å². The lowest BCUT2D eigenvalue weighted by Crippen LogP contribution is -2.56. The number of hydrogen-bond donors (Lipinski definition) is 6. The summed E-state index contributed by atoms with van der Waals surface area (Å²) in [5, 5.41) is 21.8. The van der Waals surface area contributed by atoms with Gasteiger partial charge in [0.05, 0.1) is 18.6 Å². The highest BCUT2D eigenvalue weighted by atomic mass is 16.3. The fourth-order valence-electron chi connectivity index (χ4n) is 4.57. The molecule has 0 aliphatic rings. The zero-order chi connectivity index (χ0) is 33.5. The maximum Gasteiger partial charge on any atom is 0.270 e. The van der Waals surface area contributed by atoms with Crippen LogP contribution >= 0.6 is 0 Å². The van der Waals surface area contributed by atoms with Crippen molar-refractivity contribution < 1.29 is 29.1 Å². The number of aliphatic hydroxyl groups excluding tert-OH is 1. The molecule has 7 N–H and O–H groups in total. The maximum atomic E-state index is 13.5. The molecule has 2 rings (SSSR count). The van der Waals surface area contributed by atoms with Crippen LogP contribution in [0.1, 0.15) is 63.0 Å². The molecule has 242 valence electrons. The molecule has 0 fully saturated rings. The second-order valence-electron chi connectivity index (χ2n) is 11.6. The number of primary amides is 1. The Labute approximate surface area is 264 Å². The van der Waals surface area contributed by atoms with Crippen molar-refractivity contribution in [2.75, 3.05) is 0 Å². The number of rotatable bonds is 17. The van der Waals surface area contributed by atoms with Crippen molar-refractivity contribution in [3.8, 4) is 12.3 Å². The molecule has 0 radical (unpaired) electrons. The summed E-state index contributed by atoms with van der Waals surface area (Å²) in [5.41, 5.74) is 6.36. The number of aromatic nitrogens is 1. The van der Waals surface area contributed by atoms with Crippen LogP contribution in [0.3, 0.4) is 0 Å². The van der Waals surface area contributed by atoms with Gasteiger partial charge in [0.15, 0.2) is 0 Å². The van der Waals surface area contributed by atoms with Crippen molar-refractivity contribution >= 4 is 29.5 Å². The summed E-state index contributed by atoms with van der Waals surface area (Å²) in [5.74, 6) is -1.11. The van der Waals surface area contributed by atoms with E-state index in [1.165, 1.54) is 12.3 Å². The van der Waals surface area contributed by atoms with E-state index in [9.17, 15) is 29.1 Å². The molecule has 5 atom stereocenters. The van der Waals surface area contributed by atoms with Gasteiger partial charge < -0.3 is 32.1 Å². The van der Waals surface area contributed by atoms with Crippen molar-refractivity contribution in [1.29, 1.82) is 0 Å². The minimum absolute atomic E-state index is 0.0639. The Kier molecular flexibility index (Phi) is 14.7. The van der Waals surface area contributed by atoms with Crippen LogP contribution in [0.5, 0.6) is 0 Å². The smallest absolute Gasteiger partial charge is 0.270 e. The third kappa shape index (κ3) is 12.4. The molecule has 0 unspecified atom stereocenters. The van der Waals surface area contributed by atoms with Gasteiger partial charge in [0.1, 0.15) is 23.8 Å². The number of hydrogen-bond acceptors (Lipinski definition) is 7. The van der Waals surface area contributed by atoms with Crippen LogP contribution in [0.15, 0.2) is 54.7 Å². The van der Waals surface area contributed by atoms with E-state index in [1.54, 1.807) is 38.1 Å². The summed E-state index contributed by atoms with van der Waals surface area (Å²) in [6, 6.07) is 9.87. The summed E-state index contributed by atoms with van der Waals surface area (Å²) >= 11 is 0. The van der Waals surface area contributed by atoms with Gasteiger partial charge in [-0.3, -0.25) is 29.0 Å². The zero-order valence-electron chi connectivity index (χ0n) is 26.2. The highest BCUT2D eigenvalue weighted by molar-refractivity contribution is 5.96. The van der Waals surface area contributed by atoms with Crippen LogP contribution in [0.25, 0.3) is 0 Å². The van der Waals surface area contributed by atoms with Gasteiger partial charge >= 0.3 is 0 Å². The van der Waals surface area contributed by atoms with Crippen LogP contribution in [0, 0.1) is 24.2 Å². The molecule has 0 aliphatic carbocycles. The van der Waals surface area contributed by atoms with Gasteiger partial charge in [-0.25, -0.2) is 0 Å². The Balaban J connectivity index is 2.18. The number of nitrogens with zero attached hydrogens (tertiary/aromatic N) is 1. The van der Waals surface area contributed by atoms with E-state index in [4.69, 9.17) is 12.2 Å². The first-order valence-electron chi connectivity index (χ1n) is 14.9. The lowest BCUT2D eigenvalue weighted by molar-refractivity contribution is -0.132. The van der Waals surface area contributed by atoms with Gasteiger partial charge in [0.25, 0.3) is 5.91 Å². The Morgan fingerprint density at radius 3 is 2.11 bits per heavy atom. The van der Waals surface area contributed by atoms with E-state index in [2.05, 4.69) is 32.2 Å². The fourth-order valence-corrected chi connectivity index (χ4v) is 4.57. The number of nitrogens with two attached hydrogens (primary N) is 1. The van der Waals surface area contributed by atoms with Gasteiger partial charge in [0.2, 0.25) is 23.6 Å². The third-order valence-corrected chi connectivity index (χ3v) is 6.96. The second kappa shape index (κ2) is 18.1. The molecule has 0 aliphatic heterocycles. The van der Waals surface area contributed by atoms with E-state index >= 15 is 0 Å². The molecule has 12 nitrogen and oxygen atoms in total. The molecule has 0 bridgehead atoms. The predicted octanol–water partition coefficient (Wildman–Crippen LogP) is 0.839. The number of benzene rings is 1. The van der Waals surface area contributed by atoms with Crippen molar-refractivity contribution in [2.45, 2.75) is 83.6 Å². The molecular formula is C33H44N6O6. The molecule has 1 aromatic heterocycles. The van der Waals surface area contributed by atoms with Crippen LogP contribution in [-0.2, 0) is 25.6 Å². The van der Waals surface area contributed by atoms with Gasteiger partial charge in [-0.15, -0.1) is 12.3 Å². The first kappa shape index (κ1) is 36.4. The van der Waals surface area contributed by atoms with Crippen LogP contribution in [-0.4, -0.2) is 69.9 Å². The standard InChI is InChI=1S/C33H44N6O6/c1-6-12-24(32(44)38-26(30(34)42)17-20(2)3)36-28(41)19-27(40)25(18-22-13-8-7-9-14-22)37-33(45)29(21(4)5)39-31(43)23-15-10-11-16-35-23/h1,7-11,13-16,20-21,24-27,29,40H,12,17-19H2,2-5H3,(H2,34,42)(H,36,41)(H,37,45)(H,38,44)(H,39,43)/t24-,25-,26-,27-,29-/m0/s1. The largest absolute Gasteiger partial charge is 0.390 e. The van der Waals surface area contributed by atoms with Crippen LogP contribution in [0.4, 0.5) is 0 Å². The summed E-state index contributed by atoms with van der Waals surface area (Å²) in [7, 11) is 0. The number of nitrogens with one attached hydrogen (secondary N) is 4. The molecule has 0 saturated carbocycles. The summed E-state index contributed by atoms with van der Waals surface area (Å²) in [6.07, 6.45) is 5.33. The summed E-state index contributed by atoms with van der Waals surface area (Å²) in [4.78, 5) is 68.0. The van der Waals surface area contributed by atoms with Crippen molar-refractivity contribution in [3.63, 3.8) is 0 Å². The molecule has 1 heterocycles. The SMILES string of the molecule is C#CC[C@H](NC(=O)C[C@H](O)[C@H](Cc1ccccc1)NC(=O)[C@@H](NC(=O)c1ccccn1)C(C)C)C(=O)N[C@@H](CC(C)C)C(N)=O. The molecule has 45 heavy (non-hydrogen) atoms. The van der Waals surface area contributed by atoms with Crippen LogP contribution < -0.4 is 27.0 Å². The normalized spacial score (nSPS) is 14.3. The highest BCUT2D eigenvalue weighted by Gasteiger charge is 2.32. The summed E-state index contributed by atoms with van der Waals surface area (Å²) < 4.78 is 0. The van der Waals surface area contributed by atoms with Gasteiger partial charge in [-0.1, -0.05) is 64.1 Å². The molecule has 2 aromatic rings. The number of carbonyl (C=O) groups excluding carboxylic acids is 5. The van der Waals surface area contributed by atoms with E-state index in [1.807, 2.05) is 32.0 Å². The lowest BCUT2D eigenvalue weighted by Gasteiger charge is -2.29. The number of pyridine rings is 1. The highest BCUT2D eigenvalue weighted by Crippen LogP contribution is 2.12. The average molecular weight is 621 g/mol. The average Bonchev–Trinajstić information content (AvgIpc) is 2.99. The van der Waals surface area contributed by atoms with E-state index in [0.717, 1.165) is 5.56 Å². The second-order valence-corrected chi connectivity index (χ2v) is 11.6. The third-order valence-electron chi connectivity index (χ3n) is 6.96. The Morgan fingerprint density at radius 2 is 1.56 bits per heavy atom. The predicted molar refractivity (Wildman–Crippen MR) is 169 cm³/mol. The zero-order valence-corrected chi connectivity index (χ0v) is 26.2. The quantitative estimate of drug-likeness (QED) is 0.141. The monoisotopic (exact) mass is 620 g/mol. The molecular weight excluding hydrogens is 576 g/mol. The fraction of sp³-hybridized carbons (Fsp3) is 0.455. The van der Waals surface area contributed by atoms with Crippen molar-refractivity contribution in [2.24, 2.45) is 17.6 Å². The Morgan fingerprint density at radius 1 is 0.889 bits per heavy atom. The number of carbonyl (C=O) groups is 5. The molecule has 1 aromatic carbocycles. The Hall–Kier alpha value is -4.76. The topological polar surface area (TPSA) is 193 Å². The molecule has 0 spiro atoms. The van der Waals surface area contributed by atoms with Crippen LogP contribution in [0.2, 0.25) is 0 Å². The minimum atomic E-state index is -1.39. The molecule has 0 saturated heterocycles.